The van der Waals surface area contributed by atoms with E-state index in [9.17, 15) is 14.9 Å². The second-order valence-electron chi connectivity index (χ2n) is 6.16. The van der Waals surface area contributed by atoms with Crippen LogP contribution in [0.1, 0.15) is 25.7 Å². The van der Waals surface area contributed by atoms with Crippen molar-refractivity contribution in [2.45, 2.75) is 38.3 Å². The van der Waals surface area contributed by atoms with E-state index in [1.807, 2.05) is 4.90 Å². The summed E-state index contributed by atoms with van der Waals surface area (Å²) in [5, 5.41) is 18.0. The molecule has 3 rings (SSSR count). The maximum atomic E-state index is 12.2. The molecule has 2 aliphatic rings. The lowest BCUT2D eigenvalue weighted by molar-refractivity contribution is -0.385. The lowest BCUT2D eigenvalue weighted by Gasteiger charge is -2.32. The van der Waals surface area contributed by atoms with Gasteiger partial charge in [-0.05, 0) is 38.1 Å². The van der Waals surface area contributed by atoms with Gasteiger partial charge in [-0.25, -0.2) is 0 Å². The Labute approximate surface area is 128 Å². The van der Waals surface area contributed by atoms with Gasteiger partial charge in [0.2, 0.25) is 5.91 Å². The Morgan fingerprint density at radius 3 is 2.68 bits per heavy atom. The van der Waals surface area contributed by atoms with Crippen LogP contribution in [0.4, 0.5) is 5.69 Å². The molecule has 22 heavy (non-hydrogen) atoms. The van der Waals surface area contributed by atoms with Gasteiger partial charge < -0.3 is 10.2 Å². The van der Waals surface area contributed by atoms with Crippen molar-refractivity contribution in [2.75, 3.05) is 19.6 Å². The van der Waals surface area contributed by atoms with Gasteiger partial charge in [-0.15, -0.1) is 0 Å². The normalized spacial score (nSPS) is 19.4. The molecule has 2 fully saturated rings. The highest BCUT2D eigenvalue weighted by Gasteiger charge is 2.26. The highest BCUT2D eigenvalue weighted by Crippen LogP contribution is 2.28. The van der Waals surface area contributed by atoms with Gasteiger partial charge in [-0.3, -0.25) is 19.6 Å². The Bertz CT molecular complexity index is 546. The Morgan fingerprint density at radius 2 is 2.09 bits per heavy atom. The molecule has 2 heterocycles. The molecule has 120 valence electrons. The molecule has 0 spiro atoms. The monoisotopic (exact) mass is 307 g/mol. The molecule has 1 amide bonds. The van der Waals surface area contributed by atoms with E-state index in [0.29, 0.717) is 6.04 Å². The quantitative estimate of drug-likeness (QED) is 0.619. The number of hydrogen-bond donors (Lipinski definition) is 1. The van der Waals surface area contributed by atoms with E-state index in [4.69, 9.17) is 0 Å². The van der Waals surface area contributed by atoms with Crippen LogP contribution in [0.25, 0.3) is 0 Å². The summed E-state index contributed by atoms with van der Waals surface area (Å²) >= 11 is 0. The summed E-state index contributed by atoms with van der Waals surface area (Å²) in [6.45, 7) is 2.65. The molecule has 1 aliphatic heterocycles. The SMILES string of the molecule is O=C(Cn1cc([N+](=O)[O-])cn1)N1CCC(NCC2CC2)CC1. The van der Waals surface area contributed by atoms with E-state index in [2.05, 4.69) is 10.4 Å². The van der Waals surface area contributed by atoms with Gasteiger partial charge in [0.1, 0.15) is 18.9 Å². The number of nitrogens with zero attached hydrogens (tertiary/aromatic N) is 4. The first-order chi connectivity index (χ1) is 10.6. The number of rotatable bonds is 6. The van der Waals surface area contributed by atoms with Crippen molar-refractivity contribution in [3.8, 4) is 0 Å². The third-order valence-electron chi connectivity index (χ3n) is 4.37. The minimum absolute atomic E-state index is 0.0290. The van der Waals surface area contributed by atoms with Crippen molar-refractivity contribution in [1.82, 2.24) is 20.0 Å². The van der Waals surface area contributed by atoms with Crippen LogP contribution in [0.3, 0.4) is 0 Å². The first-order valence-electron chi connectivity index (χ1n) is 7.80. The molecule has 0 unspecified atom stereocenters. The lowest BCUT2D eigenvalue weighted by atomic mass is 10.0. The van der Waals surface area contributed by atoms with Crippen molar-refractivity contribution >= 4 is 11.6 Å². The van der Waals surface area contributed by atoms with E-state index < -0.39 is 4.92 Å². The van der Waals surface area contributed by atoms with Crippen LogP contribution in [0.5, 0.6) is 0 Å². The highest BCUT2D eigenvalue weighted by atomic mass is 16.6. The number of hydrogen-bond acceptors (Lipinski definition) is 5. The molecular weight excluding hydrogens is 286 g/mol. The van der Waals surface area contributed by atoms with Gasteiger partial charge in [-0.2, -0.15) is 5.10 Å². The number of nitrogens with one attached hydrogen (secondary N) is 1. The molecular formula is C14H21N5O3. The number of carbonyl (C=O) groups excluding carboxylic acids is 1. The Balaban J connectivity index is 1.43. The van der Waals surface area contributed by atoms with E-state index >= 15 is 0 Å². The predicted octanol–water partition coefficient (Wildman–Crippen LogP) is 0.782. The third kappa shape index (κ3) is 3.82. The first kappa shape index (κ1) is 15.0. The van der Waals surface area contributed by atoms with Crippen molar-refractivity contribution in [3.63, 3.8) is 0 Å². The number of carbonyl (C=O) groups is 1. The van der Waals surface area contributed by atoms with Crippen LogP contribution in [0.2, 0.25) is 0 Å². The van der Waals surface area contributed by atoms with Crippen molar-refractivity contribution in [1.29, 1.82) is 0 Å². The van der Waals surface area contributed by atoms with Gasteiger partial charge >= 0.3 is 5.69 Å². The molecule has 1 saturated heterocycles. The molecule has 1 N–H and O–H groups in total. The maximum Gasteiger partial charge on any atom is 0.307 e. The summed E-state index contributed by atoms with van der Waals surface area (Å²) < 4.78 is 1.33. The van der Waals surface area contributed by atoms with E-state index in [-0.39, 0.29) is 18.1 Å². The van der Waals surface area contributed by atoms with Gasteiger partial charge in [0.25, 0.3) is 0 Å². The zero-order valence-corrected chi connectivity index (χ0v) is 12.5. The second-order valence-corrected chi connectivity index (χ2v) is 6.16. The van der Waals surface area contributed by atoms with Crippen LogP contribution in [-0.2, 0) is 11.3 Å². The summed E-state index contributed by atoms with van der Waals surface area (Å²) in [7, 11) is 0. The molecule has 0 bridgehead atoms. The largest absolute Gasteiger partial charge is 0.341 e. The molecule has 8 nitrogen and oxygen atoms in total. The van der Waals surface area contributed by atoms with Gasteiger partial charge in [0.15, 0.2) is 0 Å². The smallest absolute Gasteiger partial charge is 0.307 e. The van der Waals surface area contributed by atoms with E-state index in [0.717, 1.165) is 38.4 Å². The number of amides is 1. The number of likely N-dealkylation sites (tertiary alicyclic amines) is 1. The Morgan fingerprint density at radius 1 is 1.36 bits per heavy atom. The second kappa shape index (κ2) is 6.43. The Kier molecular flexibility index (Phi) is 4.37. The number of piperidine rings is 1. The van der Waals surface area contributed by atoms with Crippen LogP contribution >= 0.6 is 0 Å². The number of aromatic nitrogens is 2. The zero-order chi connectivity index (χ0) is 15.5. The van der Waals surface area contributed by atoms with Crippen LogP contribution < -0.4 is 5.32 Å². The van der Waals surface area contributed by atoms with Crippen LogP contribution in [0, 0.1) is 16.0 Å². The fraction of sp³-hybridized carbons (Fsp3) is 0.714. The summed E-state index contributed by atoms with van der Waals surface area (Å²) in [5.74, 6) is 0.842. The first-order valence-corrected chi connectivity index (χ1v) is 7.80. The molecule has 1 saturated carbocycles. The topological polar surface area (TPSA) is 93.3 Å². The van der Waals surface area contributed by atoms with Gasteiger partial charge in [0, 0.05) is 19.1 Å². The minimum Gasteiger partial charge on any atom is -0.341 e. The fourth-order valence-electron chi connectivity index (χ4n) is 2.76. The van der Waals surface area contributed by atoms with E-state index in [1.54, 1.807) is 0 Å². The summed E-state index contributed by atoms with van der Waals surface area (Å²) in [4.78, 5) is 24.1. The summed E-state index contributed by atoms with van der Waals surface area (Å²) in [5.41, 5.74) is -0.0872. The van der Waals surface area contributed by atoms with Gasteiger partial charge in [-0.1, -0.05) is 0 Å². The average Bonchev–Trinajstić information content (AvgIpc) is 3.23. The van der Waals surface area contributed by atoms with Crippen molar-refractivity contribution in [2.24, 2.45) is 5.92 Å². The molecule has 0 aromatic carbocycles. The van der Waals surface area contributed by atoms with Crippen LogP contribution in [0.15, 0.2) is 12.4 Å². The number of nitro groups is 1. The fourth-order valence-corrected chi connectivity index (χ4v) is 2.76. The molecule has 1 aromatic rings. The molecule has 0 radical (unpaired) electrons. The molecule has 0 atom stereocenters. The zero-order valence-electron chi connectivity index (χ0n) is 12.5. The standard InChI is InChI=1S/C14H21N5O3/c20-14(10-18-9-13(8-16-18)19(21)22)17-5-3-12(4-6-17)15-7-11-1-2-11/h8-9,11-12,15H,1-7,10H2. The average molecular weight is 307 g/mol. The lowest BCUT2D eigenvalue weighted by Crippen LogP contribution is -2.46. The predicted molar refractivity (Wildman–Crippen MR) is 79.2 cm³/mol. The highest BCUT2D eigenvalue weighted by molar-refractivity contribution is 5.76. The summed E-state index contributed by atoms with van der Waals surface area (Å²) in [6, 6.07) is 0.510. The Hall–Kier alpha value is -1.96. The molecule has 1 aliphatic carbocycles. The molecule has 8 heteroatoms. The molecule has 1 aromatic heterocycles. The van der Waals surface area contributed by atoms with Crippen LogP contribution in [-0.4, -0.2) is 51.2 Å². The summed E-state index contributed by atoms with van der Waals surface area (Å²) in [6.07, 6.45) is 7.10. The minimum atomic E-state index is -0.509. The van der Waals surface area contributed by atoms with Gasteiger partial charge in [0.05, 0.1) is 4.92 Å². The van der Waals surface area contributed by atoms with Crippen molar-refractivity contribution < 1.29 is 9.72 Å². The van der Waals surface area contributed by atoms with E-state index in [1.165, 1.54) is 29.9 Å². The maximum absolute atomic E-state index is 12.2. The van der Waals surface area contributed by atoms with Crippen molar-refractivity contribution in [3.05, 3.63) is 22.5 Å². The third-order valence-corrected chi connectivity index (χ3v) is 4.37.